The minimum Gasteiger partial charge on any atom is -0.363 e. The van der Waals surface area contributed by atoms with Crippen molar-refractivity contribution in [3.8, 4) is 0 Å². The van der Waals surface area contributed by atoms with E-state index in [1.807, 2.05) is 6.92 Å². The fourth-order valence-corrected chi connectivity index (χ4v) is 1.20. The van der Waals surface area contributed by atoms with Crippen LogP contribution in [0.3, 0.4) is 0 Å². The van der Waals surface area contributed by atoms with Crippen LogP contribution in [0.4, 0.5) is 0 Å². The van der Waals surface area contributed by atoms with Crippen molar-refractivity contribution in [1.29, 1.82) is 0 Å². The average molecular weight is 174 g/mol. The summed E-state index contributed by atoms with van der Waals surface area (Å²) in [6.07, 6.45) is 2.25. The molecule has 0 bridgehead atoms. The van der Waals surface area contributed by atoms with Crippen molar-refractivity contribution in [3.63, 3.8) is 0 Å². The molecular weight excluding hydrogens is 156 g/mol. The monoisotopic (exact) mass is 174 g/mol. The van der Waals surface area contributed by atoms with Gasteiger partial charge in [0.1, 0.15) is 0 Å². The van der Waals surface area contributed by atoms with E-state index in [-0.39, 0.29) is 0 Å². The quantitative estimate of drug-likeness (QED) is 0.634. The van der Waals surface area contributed by atoms with Crippen LogP contribution in [-0.2, 0) is 0 Å². The number of rotatable bonds is 4. The standard InChI is InChI=1S/C8H18N2S/c1-4-7(5-2)10-8(11)9-6-3/h7H,4-6H2,1-3H3,(H2,9,10,11). The molecule has 3 heteroatoms. The first-order valence-electron chi connectivity index (χ1n) is 4.28. The molecule has 0 saturated carbocycles. The Kier molecular flexibility index (Phi) is 6.22. The second kappa shape index (κ2) is 6.40. The van der Waals surface area contributed by atoms with Crippen LogP contribution in [0.2, 0.25) is 0 Å². The van der Waals surface area contributed by atoms with E-state index in [0.29, 0.717) is 6.04 Å². The fraction of sp³-hybridized carbons (Fsp3) is 0.875. The lowest BCUT2D eigenvalue weighted by Crippen LogP contribution is -2.41. The molecule has 0 rings (SSSR count). The first-order chi connectivity index (χ1) is 5.24. The average Bonchev–Trinajstić information content (AvgIpc) is 2.01. The van der Waals surface area contributed by atoms with Gasteiger partial charge in [-0.25, -0.2) is 0 Å². The van der Waals surface area contributed by atoms with Crippen LogP contribution in [0.5, 0.6) is 0 Å². The van der Waals surface area contributed by atoms with Crippen LogP contribution in [-0.4, -0.2) is 17.7 Å². The van der Waals surface area contributed by atoms with Crippen molar-refractivity contribution in [3.05, 3.63) is 0 Å². The van der Waals surface area contributed by atoms with Gasteiger partial charge in [-0.05, 0) is 32.0 Å². The Hall–Kier alpha value is -0.310. The molecule has 66 valence electrons. The third kappa shape index (κ3) is 5.01. The van der Waals surface area contributed by atoms with E-state index in [1.165, 1.54) is 0 Å². The highest BCUT2D eigenvalue weighted by molar-refractivity contribution is 7.80. The topological polar surface area (TPSA) is 24.1 Å². The summed E-state index contributed by atoms with van der Waals surface area (Å²) in [5, 5.41) is 7.08. The number of hydrogen-bond acceptors (Lipinski definition) is 1. The summed E-state index contributed by atoms with van der Waals surface area (Å²) in [7, 11) is 0. The molecular formula is C8H18N2S. The van der Waals surface area contributed by atoms with Gasteiger partial charge in [0.15, 0.2) is 5.11 Å². The summed E-state index contributed by atoms with van der Waals surface area (Å²) in [5.41, 5.74) is 0. The molecule has 0 unspecified atom stereocenters. The molecule has 0 aromatic carbocycles. The summed E-state index contributed by atoms with van der Waals surface area (Å²) >= 11 is 5.04. The molecule has 0 amide bonds. The van der Waals surface area contributed by atoms with E-state index in [0.717, 1.165) is 24.5 Å². The van der Waals surface area contributed by atoms with Gasteiger partial charge in [-0.15, -0.1) is 0 Å². The third-order valence-corrected chi connectivity index (χ3v) is 1.92. The van der Waals surface area contributed by atoms with Gasteiger partial charge in [0.2, 0.25) is 0 Å². The second-order valence-corrected chi connectivity index (χ2v) is 2.93. The molecule has 0 radical (unpaired) electrons. The zero-order valence-corrected chi connectivity index (χ0v) is 8.42. The molecule has 0 aliphatic heterocycles. The van der Waals surface area contributed by atoms with E-state index >= 15 is 0 Å². The van der Waals surface area contributed by atoms with E-state index in [2.05, 4.69) is 24.5 Å². The second-order valence-electron chi connectivity index (χ2n) is 2.52. The van der Waals surface area contributed by atoms with Crippen LogP contribution in [0.1, 0.15) is 33.6 Å². The maximum atomic E-state index is 5.04. The Morgan fingerprint density at radius 1 is 1.27 bits per heavy atom. The summed E-state index contributed by atoms with van der Waals surface area (Å²) in [6.45, 7) is 7.26. The minimum absolute atomic E-state index is 0.529. The zero-order chi connectivity index (χ0) is 8.69. The lowest BCUT2D eigenvalue weighted by atomic mass is 10.2. The lowest BCUT2D eigenvalue weighted by molar-refractivity contribution is 0.565. The number of nitrogens with one attached hydrogen (secondary N) is 2. The predicted octanol–water partition coefficient (Wildman–Crippen LogP) is 1.66. The molecule has 2 N–H and O–H groups in total. The van der Waals surface area contributed by atoms with Crippen LogP contribution in [0, 0.1) is 0 Å². The number of thiocarbonyl (C=S) groups is 1. The number of hydrogen-bond donors (Lipinski definition) is 2. The molecule has 0 aliphatic rings. The maximum absolute atomic E-state index is 5.04. The molecule has 0 fully saturated rings. The molecule has 0 aromatic heterocycles. The van der Waals surface area contributed by atoms with Gasteiger partial charge < -0.3 is 10.6 Å². The highest BCUT2D eigenvalue weighted by Crippen LogP contribution is 1.94. The molecule has 0 heterocycles. The molecule has 11 heavy (non-hydrogen) atoms. The van der Waals surface area contributed by atoms with Gasteiger partial charge in [-0.1, -0.05) is 13.8 Å². The van der Waals surface area contributed by atoms with E-state index in [4.69, 9.17) is 12.2 Å². The van der Waals surface area contributed by atoms with Crippen molar-refractivity contribution in [2.75, 3.05) is 6.54 Å². The Morgan fingerprint density at radius 3 is 2.18 bits per heavy atom. The van der Waals surface area contributed by atoms with Crippen molar-refractivity contribution in [1.82, 2.24) is 10.6 Å². The van der Waals surface area contributed by atoms with Crippen molar-refractivity contribution in [2.45, 2.75) is 39.7 Å². The van der Waals surface area contributed by atoms with Crippen LogP contribution in [0.25, 0.3) is 0 Å². The van der Waals surface area contributed by atoms with Gasteiger partial charge in [-0.3, -0.25) is 0 Å². The molecule has 0 saturated heterocycles. The Morgan fingerprint density at radius 2 is 1.82 bits per heavy atom. The van der Waals surface area contributed by atoms with Crippen LogP contribution in [0.15, 0.2) is 0 Å². The van der Waals surface area contributed by atoms with E-state index < -0.39 is 0 Å². The van der Waals surface area contributed by atoms with E-state index in [1.54, 1.807) is 0 Å². The molecule has 0 aromatic rings. The largest absolute Gasteiger partial charge is 0.363 e. The highest BCUT2D eigenvalue weighted by atomic mass is 32.1. The predicted molar refractivity (Wildman–Crippen MR) is 53.8 cm³/mol. The van der Waals surface area contributed by atoms with Crippen molar-refractivity contribution < 1.29 is 0 Å². The highest BCUT2D eigenvalue weighted by Gasteiger charge is 2.02. The van der Waals surface area contributed by atoms with Crippen LogP contribution < -0.4 is 10.6 Å². The lowest BCUT2D eigenvalue weighted by Gasteiger charge is -2.16. The first kappa shape index (κ1) is 10.7. The minimum atomic E-state index is 0.529. The van der Waals surface area contributed by atoms with E-state index in [9.17, 15) is 0 Å². The summed E-state index contributed by atoms with van der Waals surface area (Å²) < 4.78 is 0. The first-order valence-corrected chi connectivity index (χ1v) is 4.69. The summed E-state index contributed by atoms with van der Waals surface area (Å²) in [6, 6.07) is 0.529. The molecule has 2 nitrogen and oxygen atoms in total. The van der Waals surface area contributed by atoms with Gasteiger partial charge in [0.25, 0.3) is 0 Å². The van der Waals surface area contributed by atoms with Gasteiger partial charge in [0.05, 0.1) is 0 Å². The zero-order valence-electron chi connectivity index (χ0n) is 7.61. The Balaban J connectivity index is 3.54. The van der Waals surface area contributed by atoms with Crippen molar-refractivity contribution in [2.24, 2.45) is 0 Å². The van der Waals surface area contributed by atoms with Crippen molar-refractivity contribution >= 4 is 17.3 Å². The normalized spacial score (nSPS) is 9.82. The Bertz CT molecular complexity index is 111. The SMILES string of the molecule is CCNC(=S)NC(CC)CC. The smallest absolute Gasteiger partial charge is 0.166 e. The van der Waals surface area contributed by atoms with Gasteiger partial charge in [-0.2, -0.15) is 0 Å². The van der Waals surface area contributed by atoms with Gasteiger partial charge >= 0.3 is 0 Å². The Labute approximate surface area is 74.8 Å². The summed E-state index contributed by atoms with van der Waals surface area (Å²) in [4.78, 5) is 0. The van der Waals surface area contributed by atoms with Gasteiger partial charge in [0, 0.05) is 12.6 Å². The van der Waals surface area contributed by atoms with Crippen LogP contribution >= 0.6 is 12.2 Å². The molecule has 0 aliphatic carbocycles. The maximum Gasteiger partial charge on any atom is 0.166 e. The third-order valence-electron chi connectivity index (χ3n) is 1.66. The summed E-state index contributed by atoms with van der Waals surface area (Å²) in [5.74, 6) is 0. The fourth-order valence-electron chi connectivity index (χ4n) is 0.890. The molecule has 0 spiro atoms. The molecule has 0 atom stereocenters.